The zero-order chi connectivity index (χ0) is 18.1. The van der Waals surface area contributed by atoms with Crippen molar-refractivity contribution in [2.24, 2.45) is 0 Å². The van der Waals surface area contributed by atoms with Crippen molar-refractivity contribution >= 4 is 23.5 Å². The summed E-state index contributed by atoms with van der Waals surface area (Å²) in [6, 6.07) is 13.1. The highest BCUT2D eigenvalue weighted by atomic mass is 35.5. The monoisotopic (exact) mass is 360 g/mol. The fraction of sp³-hybridized carbons (Fsp3) is 0.158. The van der Waals surface area contributed by atoms with Crippen molar-refractivity contribution in [2.75, 3.05) is 13.2 Å². The summed E-state index contributed by atoms with van der Waals surface area (Å²) in [7, 11) is 0. The second kappa shape index (κ2) is 9.49. The molecule has 0 saturated carbocycles. The number of halogens is 1. The number of ether oxygens (including phenoxy) is 3. The highest BCUT2D eigenvalue weighted by molar-refractivity contribution is 6.30. The topological polar surface area (TPSA) is 61.8 Å². The van der Waals surface area contributed by atoms with Crippen LogP contribution in [0.2, 0.25) is 5.02 Å². The molecule has 2 aromatic carbocycles. The van der Waals surface area contributed by atoms with Gasteiger partial charge in [-0.2, -0.15) is 0 Å². The average Bonchev–Trinajstić information content (AvgIpc) is 2.63. The van der Waals surface area contributed by atoms with Gasteiger partial charge in [-0.3, -0.25) is 0 Å². The first-order chi connectivity index (χ1) is 12.1. The molecule has 0 aliphatic heterocycles. The first kappa shape index (κ1) is 18.5. The Kier molecular flexibility index (Phi) is 7.04. The summed E-state index contributed by atoms with van der Waals surface area (Å²) < 4.78 is 15.6. The van der Waals surface area contributed by atoms with E-state index >= 15 is 0 Å². The number of rotatable bonds is 8. The van der Waals surface area contributed by atoms with Crippen molar-refractivity contribution in [1.82, 2.24) is 0 Å². The van der Waals surface area contributed by atoms with Crippen LogP contribution in [-0.2, 0) is 9.53 Å². The molecule has 2 aromatic rings. The zero-order valence-electron chi connectivity index (χ0n) is 13.4. The molecule has 130 valence electrons. The van der Waals surface area contributed by atoms with Gasteiger partial charge >= 0.3 is 11.9 Å². The van der Waals surface area contributed by atoms with Crippen LogP contribution in [0.4, 0.5) is 0 Å². The molecule has 0 fully saturated rings. The Balaban J connectivity index is 1.78. The first-order valence-corrected chi connectivity index (χ1v) is 7.96. The van der Waals surface area contributed by atoms with Gasteiger partial charge in [0.25, 0.3) is 0 Å². The molecule has 5 nitrogen and oxygen atoms in total. The van der Waals surface area contributed by atoms with Crippen molar-refractivity contribution in [1.29, 1.82) is 0 Å². The molecule has 2 rings (SSSR count). The van der Waals surface area contributed by atoms with Crippen LogP contribution in [-0.4, -0.2) is 25.2 Å². The zero-order valence-corrected chi connectivity index (χ0v) is 14.2. The van der Waals surface area contributed by atoms with E-state index in [1.165, 1.54) is 0 Å². The van der Waals surface area contributed by atoms with E-state index in [0.29, 0.717) is 35.1 Å². The maximum Gasteiger partial charge on any atom is 0.343 e. The fourth-order valence-corrected chi connectivity index (χ4v) is 1.96. The minimum atomic E-state index is -0.467. The molecular formula is C19H17ClO5. The summed E-state index contributed by atoms with van der Waals surface area (Å²) in [6.07, 6.45) is 1.67. The Morgan fingerprint density at radius 3 is 2.24 bits per heavy atom. The Bertz CT molecular complexity index is 722. The van der Waals surface area contributed by atoms with Gasteiger partial charge in [0.1, 0.15) is 11.5 Å². The van der Waals surface area contributed by atoms with Gasteiger partial charge in [-0.15, -0.1) is 0 Å². The molecule has 0 aliphatic carbocycles. The number of hydrogen-bond acceptors (Lipinski definition) is 5. The Labute approximate surface area is 150 Å². The van der Waals surface area contributed by atoms with Gasteiger partial charge in [-0.05, 0) is 48.5 Å². The summed E-state index contributed by atoms with van der Waals surface area (Å²) >= 11 is 5.78. The molecule has 0 atom stereocenters. The number of hydrogen-bond donors (Lipinski definition) is 0. The maximum absolute atomic E-state index is 12.0. The van der Waals surface area contributed by atoms with Gasteiger partial charge in [0.15, 0.2) is 0 Å². The van der Waals surface area contributed by atoms with E-state index in [4.69, 9.17) is 25.8 Å². The van der Waals surface area contributed by atoms with Gasteiger partial charge < -0.3 is 14.2 Å². The highest BCUT2D eigenvalue weighted by Gasteiger charge is 2.08. The fourth-order valence-electron chi connectivity index (χ4n) is 1.84. The minimum absolute atomic E-state index is 0.260. The van der Waals surface area contributed by atoms with Crippen molar-refractivity contribution < 1.29 is 23.8 Å². The van der Waals surface area contributed by atoms with E-state index in [1.54, 1.807) is 48.5 Å². The van der Waals surface area contributed by atoms with E-state index in [9.17, 15) is 9.59 Å². The second-order valence-corrected chi connectivity index (χ2v) is 5.38. The van der Waals surface area contributed by atoms with Gasteiger partial charge in [-0.1, -0.05) is 18.2 Å². The summed E-state index contributed by atoms with van der Waals surface area (Å²) in [5.41, 5.74) is 0.405. The van der Waals surface area contributed by atoms with Crippen LogP contribution in [0.1, 0.15) is 16.8 Å². The average molecular weight is 361 g/mol. The summed E-state index contributed by atoms with van der Waals surface area (Å²) in [5, 5.41) is 0.570. The predicted molar refractivity (Wildman–Crippen MR) is 94.1 cm³/mol. The highest BCUT2D eigenvalue weighted by Crippen LogP contribution is 2.18. The van der Waals surface area contributed by atoms with E-state index in [2.05, 4.69) is 6.58 Å². The molecular weight excluding hydrogens is 344 g/mol. The van der Waals surface area contributed by atoms with Crippen molar-refractivity contribution in [3.05, 3.63) is 71.8 Å². The van der Waals surface area contributed by atoms with Crippen LogP contribution >= 0.6 is 11.6 Å². The van der Waals surface area contributed by atoms with Gasteiger partial charge in [-0.25, -0.2) is 9.59 Å². The molecule has 0 unspecified atom stereocenters. The molecule has 0 aliphatic rings. The largest absolute Gasteiger partial charge is 0.493 e. The second-order valence-electron chi connectivity index (χ2n) is 4.94. The third kappa shape index (κ3) is 6.31. The van der Waals surface area contributed by atoms with Crippen LogP contribution in [0.5, 0.6) is 11.5 Å². The first-order valence-electron chi connectivity index (χ1n) is 7.58. The molecule has 25 heavy (non-hydrogen) atoms. The van der Waals surface area contributed by atoms with Gasteiger partial charge in [0, 0.05) is 17.5 Å². The molecule has 0 aromatic heterocycles. The standard InChI is InChI=1S/C19H17ClO5/c1-2-18(21)24-13-3-12-23-16-8-4-14(5-9-16)19(22)25-17-10-6-15(20)7-11-17/h2,4-11H,1,3,12-13H2. The van der Waals surface area contributed by atoms with Crippen LogP contribution < -0.4 is 9.47 Å². The minimum Gasteiger partial charge on any atom is -0.493 e. The molecule has 6 heteroatoms. The van der Waals surface area contributed by atoms with E-state index in [-0.39, 0.29) is 6.61 Å². The Hall–Kier alpha value is -2.79. The summed E-state index contributed by atoms with van der Waals surface area (Å²) in [5.74, 6) is 0.107. The molecule has 0 radical (unpaired) electrons. The molecule has 0 amide bonds. The number of carbonyl (C=O) groups is 2. The lowest BCUT2D eigenvalue weighted by Crippen LogP contribution is -2.09. The smallest absolute Gasteiger partial charge is 0.343 e. The van der Waals surface area contributed by atoms with Crippen LogP contribution in [0, 0.1) is 0 Å². The lowest BCUT2D eigenvalue weighted by atomic mass is 10.2. The van der Waals surface area contributed by atoms with Gasteiger partial charge in [0.2, 0.25) is 0 Å². The van der Waals surface area contributed by atoms with Gasteiger partial charge in [0.05, 0.1) is 18.8 Å². The number of esters is 2. The Morgan fingerprint density at radius 2 is 1.60 bits per heavy atom. The normalized spacial score (nSPS) is 9.96. The third-order valence-electron chi connectivity index (χ3n) is 3.08. The van der Waals surface area contributed by atoms with Crippen LogP contribution in [0.3, 0.4) is 0 Å². The lowest BCUT2D eigenvalue weighted by Gasteiger charge is -2.08. The summed E-state index contributed by atoms with van der Waals surface area (Å²) in [6.45, 7) is 3.96. The molecule has 0 saturated heterocycles. The lowest BCUT2D eigenvalue weighted by molar-refractivity contribution is -0.137. The van der Waals surface area contributed by atoms with Crippen LogP contribution in [0.15, 0.2) is 61.2 Å². The molecule has 0 bridgehead atoms. The number of benzene rings is 2. The summed E-state index contributed by atoms with van der Waals surface area (Å²) in [4.78, 5) is 22.9. The third-order valence-corrected chi connectivity index (χ3v) is 3.33. The van der Waals surface area contributed by atoms with Crippen molar-refractivity contribution in [2.45, 2.75) is 6.42 Å². The van der Waals surface area contributed by atoms with Crippen molar-refractivity contribution in [3.63, 3.8) is 0 Å². The predicted octanol–water partition coefficient (Wildman–Crippen LogP) is 4.06. The van der Waals surface area contributed by atoms with Crippen LogP contribution in [0.25, 0.3) is 0 Å². The number of carbonyl (C=O) groups excluding carboxylic acids is 2. The maximum atomic E-state index is 12.0. The molecule has 0 heterocycles. The van der Waals surface area contributed by atoms with E-state index in [1.807, 2.05) is 0 Å². The molecule has 0 spiro atoms. The van der Waals surface area contributed by atoms with Crippen molar-refractivity contribution in [3.8, 4) is 11.5 Å². The van der Waals surface area contributed by atoms with E-state index < -0.39 is 11.9 Å². The van der Waals surface area contributed by atoms with E-state index in [0.717, 1.165) is 6.08 Å². The quantitative estimate of drug-likeness (QED) is 0.307. The SMILES string of the molecule is C=CC(=O)OCCCOc1ccc(C(=O)Oc2ccc(Cl)cc2)cc1. The molecule has 0 N–H and O–H groups in total. The Morgan fingerprint density at radius 1 is 0.960 bits per heavy atom.